The van der Waals surface area contributed by atoms with Gasteiger partial charge >= 0.3 is 12.4 Å². The number of aromatic nitrogens is 2. The van der Waals surface area contributed by atoms with Crippen LogP contribution >= 0.6 is 0 Å². The average molecular weight is 440 g/mol. The number of anilines is 3. The monoisotopic (exact) mass is 440 g/mol. The maximum atomic E-state index is 13.5. The van der Waals surface area contributed by atoms with E-state index in [9.17, 15) is 26.3 Å². The van der Waals surface area contributed by atoms with Crippen LogP contribution in [0.3, 0.4) is 0 Å². The average Bonchev–Trinajstić information content (AvgIpc) is 2.66. The smallest absolute Gasteiger partial charge is 0.352 e. The van der Waals surface area contributed by atoms with E-state index in [1.165, 1.54) is 6.07 Å². The quantitative estimate of drug-likeness (QED) is 0.431. The van der Waals surface area contributed by atoms with E-state index < -0.39 is 29.2 Å². The maximum absolute atomic E-state index is 13.5. The third-order valence-electron chi connectivity index (χ3n) is 4.13. The number of rotatable bonds is 5. The van der Waals surface area contributed by atoms with Crippen LogP contribution in [0, 0.1) is 0 Å². The number of nitrogens with zero attached hydrogens (tertiary/aromatic N) is 2. The topological polar surface area (TPSA) is 49.8 Å². The van der Waals surface area contributed by atoms with Gasteiger partial charge in [0.15, 0.2) is 0 Å². The fraction of sp³-hybridized carbons (Fsp3) is 0.238. The first-order valence-electron chi connectivity index (χ1n) is 9.20. The fourth-order valence-corrected chi connectivity index (χ4v) is 2.79. The highest BCUT2D eigenvalue weighted by Gasteiger charge is 2.38. The van der Waals surface area contributed by atoms with Crippen LogP contribution in [-0.2, 0) is 12.4 Å². The first-order valence-corrected chi connectivity index (χ1v) is 9.20. The second-order valence-electron chi connectivity index (χ2n) is 7.01. The van der Waals surface area contributed by atoms with Crippen molar-refractivity contribution in [2.24, 2.45) is 0 Å². The molecule has 0 aliphatic heterocycles. The van der Waals surface area contributed by atoms with Crippen molar-refractivity contribution in [1.29, 1.82) is 0 Å². The van der Waals surface area contributed by atoms with E-state index >= 15 is 0 Å². The van der Waals surface area contributed by atoms with Gasteiger partial charge in [-0.3, -0.25) is 0 Å². The van der Waals surface area contributed by atoms with Gasteiger partial charge in [-0.05, 0) is 32.0 Å². The van der Waals surface area contributed by atoms with Crippen molar-refractivity contribution >= 4 is 17.5 Å². The largest absolute Gasteiger partial charge is 0.418 e. The molecule has 0 fully saturated rings. The Bertz CT molecular complexity index is 1050. The van der Waals surface area contributed by atoms with Gasteiger partial charge in [-0.25, -0.2) is 4.98 Å². The van der Waals surface area contributed by atoms with Gasteiger partial charge in [0.1, 0.15) is 5.82 Å². The third kappa shape index (κ3) is 5.65. The zero-order valence-electron chi connectivity index (χ0n) is 16.4. The van der Waals surface area contributed by atoms with Crippen molar-refractivity contribution in [1.82, 2.24) is 9.97 Å². The molecule has 0 aliphatic carbocycles. The number of nitrogens with one attached hydrogen (secondary N) is 2. The van der Waals surface area contributed by atoms with Crippen molar-refractivity contribution in [3.05, 3.63) is 65.7 Å². The molecule has 2 N–H and O–H groups in total. The molecular weight excluding hydrogens is 422 g/mol. The van der Waals surface area contributed by atoms with Gasteiger partial charge in [0.2, 0.25) is 5.95 Å². The number of benzene rings is 2. The van der Waals surface area contributed by atoms with Crippen molar-refractivity contribution in [3.63, 3.8) is 0 Å². The predicted molar refractivity (Wildman–Crippen MR) is 106 cm³/mol. The SMILES string of the molecule is CC(C)Nc1nc(Nc2ccc(C(F)(F)F)cc2C(F)(F)F)cc(-c2ccccc2)n1. The summed E-state index contributed by atoms with van der Waals surface area (Å²) >= 11 is 0. The molecule has 10 heteroatoms. The minimum atomic E-state index is -5.00. The molecule has 1 heterocycles. The lowest BCUT2D eigenvalue weighted by Crippen LogP contribution is -2.15. The van der Waals surface area contributed by atoms with Crippen LogP contribution in [0.2, 0.25) is 0 Å². The van der Waals surface area contributed by atoms with Gasteiger partial charge in [-0.1, -0.05) is 30.3 Å². The highest BCUT2D eigenvalue weighted by Crippen LogP contribution is 2.40. The lowest BCUT2D eigenvalue weighted by molar-refractivity contribution is -0.142. The lowest BCUT2D eigenvalue weighted by Gasteiger charge is -2.18. The third-order valence-corrected chi connectivity index (χ3v) is 4.13. The summed E-state index contributed by atoms with van der Waals surface area (Å²) in [5.74, 6) is 0.168. The molecule has 0 saturated heterocycles. The van der Waals surface area contributed by atoms with E-state index in [0.717, 1.165) is 6.07 Å². The van der Waals surface area contributed by atoms with Crippen LogP contribution in [0.15, 0.2) is 54.6 Å². The van der Waals surface area contributed by atoms with Crippen LogP contribution in [0.4, 0.5) is 43.8 Å². The van der Waals surface area contributed by atoms with Crippen LogP contribution in [0.5, 0.6) is 0 Å². The molecule has 0 radical (unpaired) electrons. The van der Waals surface area contributed by atoms with E-state index in [0.29, 0.717) is 17.3 Å². The summed E-state index contributed by atoms with van der Waals surface area (Å²) in [6.07, 6.45) is -9.90. The second kappa shape index (κ2) is 8.44. The molecule has 0 spiro atoms. The minimum Gasteiger partial charge on any atom is -0.352 e. The maximum Gasteiger partial charge on any atom is 0.418 e. The highest BCUT2D eigenvalue weighted by molar-refractivity contribution is 5.69. The Hall–Kier alpha value is -3.30. The molecule has 4 nitrogen and oxygen atoms in total. The normalized spacial score (nSPS) is 12.2. The summed E-state index contributed by atoms with van der Waals surface area (Å²) in [5, 5.41) is 5.48. The lowest BCUT2D eigenvalue weighted by atomic mass is 10.1. The number of hydrogen-bond donors (Lipinski definition) is 2. The molecule has 0 saturated carbocycles. The van der Waals surface area contributed by atoms with Gasteiger partial charge in [0, 0.05) is 17.7 Å². The van der Waals surface area contributed by atoms with Gasteiger partial charge < -0.3 is 10.6 Å². The Labute approximate surface area is 174 Å². The minimum absolute atomic E-state index is 0.00209. The van der Waals surface area contributed by atoms with E-state index in [4.69, 9.17) is 0 Å². The Balaban J connectivity index is 2.07. The summed E-state index contributed by atoms with van der Waals surface area (Å²) in [6, 6.07) is 11.7. The molecule has 0 unspecified atom stereocenters. The molecule has 0 bridgehead atoms. The van der Waals surface area contributed by atoms with Gasteiger partial charge in [-0.15, -0.1) is 0 Å². The molecule has 164 valence electrons. The zero-order chi connectivity index (χ0) is 22.8. The highest BCUT2D eigenvalue weighted by atomic mass is 19.4. The number of alkyl halides is 6. The fourth-order valence-electron chi connectivity index (χ4n) is 2.79. The summed E-state index contributed by atoms with van der Waals surface area (Å²) in [7, 11) is 0. The summed E-state index contributed by atoms with van der Waals surface area (Å²) < 4.78 is 79.1. The summed E-state index contributed by atoms with van der Waals surface area (Å²) in [4.78, 5) is 8.54. The zero-order valence-corrected chi connectivity index (χ0v) is 16.4. The van der Waals surface area contributed by atoms with Gasteiger partial charge in [-0.2, -0.15) is 31.3 Å². The van der Waals surface area contributed by atoms with Crippen molar-refractivity contribution < 1.29 is 26.3 Å². The molecule has 31 heavy (non-hydrogen) atoms. The Morgan fingerprint density at radius 3 is 2.06 bits per heavy atom. The van der Waals surface area contributed by atoms with Gasteiger partial charge in [0.05, 0.1) is 22.5 Å². The first-order chi connectivity index (χ1) is 14.4. The van der Waals surface area contributed by atoms with Crippen LogP contribution in [0.25, 0.3) is 11.3 Å². The Morgan fingerprint density at radius 1 is 0.806 bits per heavy atom. The van der Waals surface area contributed by atoms with Crippen molar-refractivity contribution in [2.75, 3.05) is 10.6 Å². The standard InChI is InChI=1S/C21H18F6N4/c1-12(2)28-19-30-17(13-6-4-3-5-7-13)11-18(31-19)29-16-9-8-14(20(22,23)24)10-15(16)21(25,26)27/h3-12H,1-2H3,(H2,28,29,30,31). The Morgan fingerprint density at radius 2 is 1.48 bits per heavy atom. The Kier molecular flexibility index (Phi) is 6.10. The molecular formula is C21H18F6N4. The molecule has 0 amide bonds. The first kappa shape index (κ1) is 22.4. The molecule has 2 aromatic carbocycles. The van der Waals surface area contributed by atoms with Crippen molar-refractivity contribution in [2.45, 2.75) is 32.2 Å². The predicted octanol–water partition coefficient (Wildman–Crippen LogP) is 6.75. The molecule has 3 rings (SSSR count). The van der Waals surface area contributed by atoms with Crippen LogP contribution < -0.4 is 10.6 Å². The second-order valence-corrected chi connectivity index (χ2v) is 7.01. The van der Waals surface area contributed by atoms with E-state index in [1.54, 1.807) is 30.3 Å². The number of hydrogen-bond acceptors (Lipinski definition) is 4. The molecule has 0 atom stereocenters. The van der Waals surface area contributed by atoms with Crippen LogP contribution in [0.1, 0.15) is 25.0 Å². The van der Waals surface area contributed by atoms with Gasteiger partial charge in [0.25, 0.3) is 0 Å². The molecule has 1 aromatic heterocycles. The summed E-state index contributed by atoms with van der Waals surface area (Å²) in [5.41, 5.74) is -2.25. The number of halogens is 6. The summed E-state index contributed by atoms with van der Waals surface area (Å²) in [6.45, 7) is 3.67. The van der Waals surface area contributed by atoms with E-state index in [1.807, 2.05) is 13.8 Å². The molecule has 0 aliphatic rings. The van der Waals surface area contributed by atoms with Crippen molar-refractivity contribution in [3.8, 4) is 11.3 Å². The molecule has 3 aromatic rings. The van der Waals surface area contributed by atoms with E-state index in [2.05, 4.69) is 20.6 Å². The van der Waals surface area contributed by atoms with Crippen LogP contribution in [-0.4, -0.2) is 16.0 Å². The van der Waals surface area contributed by atoms with E-state index in [-0.39, 0.29) is 23.9 Å².